The minimum absolute atomic E-state index is 0.351. The van der Waals surface area contributed by atoms with E-state index in [1.807, 2.05) is 30.3 Å². The first-order chi connectivity index (χ1) is 8.77. The number of benzene rings is 1. The van der Waals surface area contributed by atoms with Gasteiger partial charge in [0.1, 0.15) is 11.4 Å². The summed E-state index contributed by atoms with van der Waals surface area (Å²) in [6.07, 6.45) is 3.35. The summed E-state index contributed by atoms with van der Waals surface area (Å²) in [5.41, 5.74) is 7.19. The van der Waals surface area contributed by atoms with Gasteiger partial charge in [-0.1, -0.05) is 30.3 Å². The SMILES string of the molecule is NC(=O)c1c(-c2ccccc2)nc2ncccn12. The van der Waals surface area contributed by atoms with Gasteiger partial charge in [-0.3, -0.25) is 9.20 Å². The Morgan fingerprint density at radius 3 is 2.67 bits per heavy atom. The Labute approximate surface area is 103 Å². The number of amides is 1. The van der Waals surface area contributed by atoms with Crippen molar-refractivity contribution in [3.05, 3.63) is 54.5 Å². The molecule has 5 heteroatoms. The third-order valence-electron chi connectivity index (χ3n) is 2.68. The summed E-state index contributed by atoms with van der Waals surface area (Å²) in [5, 5.41) is 0. The molecule has 0 radical (unpaired) electrons. The van der Waals surface area contributed by atoms with Crippen LogP contribution in [0.4, 0.5) is 0 Å². The van der Waals surface area contributed by atoms with Crippen LogP contribution in [0.15, 0.2) is 48.8 Å². The lowest BCUT2D eigenvalue weighted by molar-refractivity contribution is 0.0995. The fourth-order valence-corrected chi connectivity index (χ4v) is 1.92. The van der Waals surface area contributed by atoms with Gasteiger partial charge in [-0.15, -0.1) is 0 Å². The predicted octanol–water partition coefficient (Wildman–Crippen LogP) is 1.50. The van der Waals surface area contributed by atoms with Crippen LogP contribution in [0.3, 0.4) is 0 Å². The molecular weight excluding hydrogens is 228 g/mol. The largest absolute Gasteiger partial charge is 0.364 e. The van der Waals surface area contributed by atoms with Gasteiger partial charge in [0.05, 0.1) is 0 Å². The van der Waals surface area contributed by atoms with Gasteiger partial charge in [0.25, 0.3) is 5.91 Å². The number of nitrogens with two attached hydrogens (primary N) is 1. The summed E-state index contributed by atoms with van der Waals surface area (Å²) in [5.74, 6) is -0.0560. The molecule has 1 amide bonds. The van der Waals surface area contributed by atoms with E-state index >= 15 is 0 Å². The standard InChI is InChI=1S/C13H10N4O/c14-12(18)11-10(9-5-2-1-3-6-9)16-13-15-7-4-8-17(11)13/h1-8H,(H2,14,18). The van der Waals surface area contributed by atoms with E-state index in [1.165, 1.54) is 0 Å². The molecule has 3 rings (SSSR count). The lowest BCUT2D eigenvalue weighted by Crippen LogP contribution is -2.15. The maximum absolute atomic E-state index is 11.6. The normalized spacial score (nSPS) is 10.7. The number of hydrogen-bond donors (Lipinski definition) is 1. The zero-order valence-electron chi connectivity index (χ0n) is 9.45. The minimum atomic E-state index is -0.519. The van der Waals surface area contributed by atoms with Crippen molar-refractivity contribution < 1.29 is 4.79 Å². The number of aromatic nitrogens is 3. The van der Waals surface area contributed by atoms with Gasteiger partial charge in [0, 0.05) is 18.0 Å². The molecular formula is C13H10N4O. The second-order valence-electron chi connectivity index (χ2n) is 3.83. The number of fused-ring (bicyclic) bond motifs is 1. The smallest absolute Gasteiger partial charge is 0.268 e. The molecule has 0 saturated carbocycles. The Kier molecular flexibility index (Phi) is 2.30. The molecule has 0 aliphatic heterocycles. The van der Waals surface area contributed by atoms with E-state index in [4.69, 9.17) is 5.73 Å². The van der Waals surface area contributed by atoms with Crippen molar-refractivity contribution in [3.63, 3.8) is 0 Å². The van der Waals surface area contributed by atoms with E-state index in [9.17, 15) is 4.79 Å². The van der Waals surface area contributed by atoms with Crippen molar-refractivity contribution in [1.82, 2.24) is 14.4 Å². The van der Waals surface area contributed by atoms with Gasteiger partial charge < -0.3 is 5.73 Å². The lowest BCUT2D eigenvalue weighted by atomic mass is 10.1. The van der Waals surface area contributed by atoms with Crippen molar-refractivity contribution >= 4 is 11.7 Å². The summed E-state index contributed by atoms with van der Waals surface area (Å²) in [4.78, 5) is 20.1. The molecule has 0 spiro atoms. The number of primary amides is 1. The first-order valence-corrected chi connectivity index (χ1v) is 5.45. The van der Waals surface area contributed by atoms with Crippen LogP contribution >= 0.6 is 0 Å². The average molecular weight is 238 g/mol. The highest BCUT2D eigenvalue weighted by Crippen LogP contribution is 2.22. The van der Waals surface area contributed by atoms with Gasteiger partial charge in [0.2, 0.25) is 5.78 Å². The fraction of sp³-hybridized carbons (Fsp3) is 0. The van der Waals surface area contributed by atoms with Gasteiger partial charge in [-0.2, -0.15) is 0 Å². The highest BCUT2D eigenvalue weighted by molar-refractivity contribution is 5.98. The minimum Gasteiger partial charge on any atom is -0.364 e. The first kappa shape index (κ1) is 10.5. The van der Waals surface area contributed by atoms with E-state index in [0.29, 0.717) is 17.2 Å². The predicted molar refractivity (Wildman–Crippen MR) is 66.9 cm³/mol. The summed E-state index contributed by atoms with van der Waals surface area (Å²) >= 11 is 0. The van der Waals surface area contributed by atoms with Gasteiger partial charge in [0.15, 0.2) is 0 Å². The zero-order valence-corrected chi connectivity index (χ0v) is 9.45. The molecule has 0 fully saturated rings. The summed E-state index contributed by atoms with van der Waals surface area (Å²) in [7, 11) is 0. The Balaban J connectivity index is 2.36. The number of nitrogens with zero attached hydrogens (tertiary/aromatic N) is 3. The molecule has 88 valence electrons. The Hall–Kier alpha value is -2.69. The number of hydrogen-bond acceptors (Lipinski definition) is 3. The topological polar surface area (TPSA) is 73.3 Å². The Bertz CT molecular complexity index is 718. The molecule has 0 unspecified atom stereocenters. The van der Waals surface area contributed by atoms with E-state index in [1.54, 1.807) is 22.9 Å². The third kappa shape index (κ3) is 1.53. The number of carbonyl (C=O) groups excluding carboxylic acids is 1. The van der Waals surface area contributed by atoms with Gasteiger partial charge in [-0.05, 0) is 6.07 Å². The van der Waals surface area contributed by atoms with Crippen LogP contribution in [-0.4, -0.2) is 20.3 Å². The average Bonchev–Trinajstić information content (AvgIpc) is 2.79. The monoisotopic (exact) mass is 238 g/mol. The van der Waals surface area contributed by atoms with Crippen LogP contribution < -0.4 is 5.73 Å². The highest BCUT2D eigenvalue weighted by Gasteiger charge is 2.18. The maximum atomic E-state index is 11.6. The molecule has 18 heavy (non-hydrogen) atoms. The van der Waals surface area contributed by atoms with Crippen molar-refractivity contribution in [2.45, 2.75) is 0 Å². The zero-order chi connectivity index (χ0) is 12.5. The molecule has 0 bridgehead atoms. The van der Waals surface area contributed by atoms with Crippen molar-refractivity contribution in [1.29, 1.82) is 0 Å². The molecule has 2 N–H and O–H groups in total. The fourth-order valence-electron chi connectivity index (χ4n) is 1.92. The van der Waals surface area contributed by atoms with Gasteiger partial charge >= 0.3 is 0 Å². The van der Waals surface area contributed by atoms with Gasteiger partial charge in [-0.25, -0.2) is 9.97 Å². The van der Waals surface area contributed by atoms with Crippen LogP contribution in [0.2, 0.25) is 0 Å². The van der Waals surface area contributed by atoms with E-state index in [2.05, 4.69) is 9.97 Å². The van der Waals surface area contributed by atoms with Crippen molar-refractivity contribution in [2.24, 2.45) is 5.73 Å². The van der Waals surface area contributed by atoms with E-state index < -0.39 is 5.91 Å². The Morgan fingerprint density at radius 1 is 1.17 bits per heavy atom. The van der Waals surface area contributed by atoms with Crippen LogP contribution in [0, 0.1) is 0 Å². The molecule has 0 atom stereocenters. The summed E-state index contributed by atoms with van der Waals surface area (Å²) in [6, 6.07) is 11.2. The number of rotatable bonds is 2. The van der Waals surface area contributed by atoms with Crippen LogP contribution in [0.25, 0.3) is 17.0 Å². The molecule has 2 aromatic heterocycles. The molecule has 0 aliphatic rings. The molecule has 2 heterocycles. The second kappa shape index (κ2) is 3.96. The molecule has 3 aromatic rings. The molecule has 0 aliphatic carbocycles. The molecule has 0 saturated heterocycles. The summed E-state index contributed by atoms with van der Waals surface area (Å²) in [6.45, 7) is 0. The van der Waals surface area contributed by atoms with Crippen LogP contribution in [-0.2, 0) is 0 Å². The summed E-state index contributed by atoms with van der Waals surface area (Å²) < 4.78 is 1.60. The molecule has 5 nitrogen and oxygen atoms in total. The van der Waals surface area contributed by atoms with E-state index in [0.717, 1.165) is 5.56 Å². The number of carbonyl (C=O) groups is 1. The highest BCUT2D eigenvalue weighted by atomic mass is 16.1. The quantitative estimate of drug-likeness (QED) is 0.735. The third-order valence-corrected chi connectivity index (χ3v) is 2.68. The van der Waals surface area contributed by atoms with Crippen LogP contribution in [0.1, 0.15) is 10.5 Å². The number of imidazole rings is 1. The van der Waals surface area contributed by atoms with Crippen LogP contribution in [0.5, 0.6) is 0 Å². The molecule has 1 aromatic carbocycles. The van der Waals surface area contributed by atoms with Crippen molar-refractivity contribution in [3.8, 4) is 11.3 Å². The van der Waals surface area contributed by atoms with Crippen molar-refractivity contribution in [2.75, 3.05) is 0 Å². The van der Waals surface area contributed by atoms with E-state index in [-0.39, 0.29) is 0 Å². The maximum Gasteiger partial charge on any atom is 0.268 e. The lowest BCUT2D eigenvalue weighted by Gasteiger charge is -2.00. The first-order valence-electron chi connectivity index (χ1n) is 5.45. The second-order valence-corrected chi connectivity index (χ2v) is 3.83. The Morgan fingerprint density at radius 2 is 1.94 bits per heavy atom.